The van der Waals surface area contributed by atoms with Gasteiger partial charge in [-0.1, -0.05) is 29.8 Å². The fraction of sp³-hybridized carbons (Fsp3) is 0.136. The minimum atomic E-state index is -4.00. The molecule has 0 aromatic heterocycles. The minimum absolute atomic E-state index is 0.0351. The van der Waals surface area contributed by atoms with E-state index in [1.807, 2.05) is 0 Å². The van der Waals surface area contributed by atoms with Crippen LogP contribution in [0.15, 0.2) is 77.7 Å². The second-order valence-corrected chi connectivity index (χ2v) is 9.01. The molecule has 1 aliphatic heterocycles. The van der Waals surface area contributed by atoms with Gasteiger partial charge in [0.15, 0.2) is 11.5 Å². The molecule has 4 rings (SSSR count). The molecule has 1 heterocycles. The summed E-state index contributed by atoms with van der Waals surface area (Å²) in [4.78, 5) is 12.8. The Morgan fingerprint density at radius 2 is 1.61 bits per heavy atom. The zero-order valence-corrected chi connectivity index (χ0v) is 17.9. The topological polar surface area (TPSA) is 84.9 Å². The van der Waals surface area contributed by atoms with E-state index in [4.69, 9.17) is 21.1 Å². The van der Waals surface area contributed by atoms with Gasteiger partial charge in [-0.05, 0) is 48.5 Å². The van der Waals surface area contributed by atoms with Crippen molar-refractivity contribution in [1.29, 1.82) is 0 Å². The summed E-state index contributed by atoms with van der Waals surface area (Å²) in [5.74, 6) is 0.622. The van der Waals surface area contributed by atoms with Gasteiger partial charge in [0.05, 0.1) is 10.6 Å². The first-order valence-electron chi connectivity index (χ1n) is 9.46. The maximum Gasteiger partial charge on any atom is 0.264 e. The molecule has 9 heteroatoms. The predicted octanol–water partition coefficient (Wildman–Crippen LogP) is 3.95. The first-order valence-corrected chi connectivity index (χ1v) is 11.3. The summed E-state index contributed by atoms with van der Waals surface area (Å²) >= 11 is 5.89. The van der Waals surface area contributed by atoms with E-state index in [0.717, 1.165) is 4.31 Å². The van der Waals surface area contributed by atoms with Gasteiger partial charge in [-0.15, -0.1) is 0 Å². The molecule has 3 aromatic carbocycles. The Morgan fingerprint density at radius 1 is 0.935 bits per heavy atom. The molecule has 0 unspecified atom stereocenters. The molecule has 160 valence electrons. The number of para-hydroxylation sites is 1. The van der Waals surface area contributed by atoms with E-state index in [1.165, 1.54) is 24.3 Å². The standard InChI is InChI=1S/C22H19ClN2O5S/c23-16-6-9-19(10-7-16)31(27,28)25(18-4-2-1-3-5-18)15-22(26)24-17-8-11-20-21(14-17)30-13-12-29-20/h1-11,14H,12-13,15H2,(H,24,26). The summed E-state index contributed by atoms with van der Waals surface area (Å²) < 4.78 is 38.6. The van der Waals surface area contributed by atoms with Crippen LogP contribution < -0.4 is 19.1 Å². The molecule has 0 saturated carbocycles. The molecule has 7 nitrogen and oxygen atoms in total. The summed E-state index contributed by atoms with van der Waals surface area (Å²) in [5.41, 5.74) is 0.848. The maximum absolute atomic E-state index is 13.3. The van der Waals surface area contributed by atoms with Crippen LogP contribution in [-0.4, -0.2) is 34.1 Å². The molecule has 0 radical (unpaired) electrons. The summed E-state index contributed by atoms with van der Waals surface area (Å²) in [7, 11) is -4.00. The molecule has 3 aromatic rings. The van der Waals surface area contributed by atoms with E-state index in [9.17, 15) is 13.2 Å². The highest BCUT2D eigenvalue weighted by molar-refractivity contribution is 7.92. The number of carbonyl (C=O) groups is 1. The van der Waals surface area contributed by atoms with Crippen LogP contribution in [0.2, 0.25) is 5.02 Å². The van der Waals surface area contributed by atoms with E-state index < -0.39 is 22.5 Å². The fourth-order valence-corrected chi connectivity index (χ4v) is 4.64. The van der Waals surface area contributed by atoms with Crippen LogP contribution in [0.5, 0.6) is 11.5 Å². The van der Waals surface area contributed by atoms with Crippen LogP contribution in [0, 0.1) is 0 Å². The summed E-state index contributed by atoms with van der Waals surface area (Å²) in [5, 5.41) is 3.14. The van der Waals surface area contributed by atoms with Crippen LogP contribution >= 0.6 is 11.6 Å². The Balaban J connectivity index is 1.59. The monoisotopic (exact) mass is 458 g/mol. The lowest BCUT2D eigenvalue weighted by molar-refractivity contribution is -0.114. The maximum atomic E-state index is 13.3. The number of nitrogens with one attached hydrogen (secondary N) is 1. The highest BCUT2D eigenvalue weighted by Crippen LogP contribution is 2.32. The fourth-order valence-electron chi connectivity index (χ4n) is 3.10. The first-order chi connectivity index (χ1) is 14.9. The molecule has 0 bridgehead atoms. The van der Waals surface area contributed by atoms with Crippen molar-refractivity contribution >= 4 is 38.9 Å². The SMILES string of the molecule is O=C(CN(c1ccccc1)S(=O)(=O)c1ccc(Cl)cc1)Nc1ccc2c(c1)OCCO2. The molecular formula is C22H19ClN2O5S. The van der Waals surface area contributed by atoms with Crippen molar-refractivity contribution in [1.82, 2.24) is 0 Å². The summed E-state index contributed by atoms with van der Waals surface area (Å²) in [6.07, 6.45) is 0. The van der Waals surface area contributed by atoms with Crippen LogP contribution in [0.3, 0.4) is 0 Å². The second-order valence-electron chi connectivity index (χ2n) is 6.71. The molecule has 0 aliphatic carbocycles. The molecule has 1 N–H and O–H groups in total. The number of carbonyl (C=O) groups excluding carboxylic acids is 1. The first kappa shape index (κ1) is 21.0. The van der Waals surface area contributed by atoms with E-state index >= 15 is 0 Å². The molecule has 0 saturated heterocycles. The van der Waals surface area contributed by atoms with Gasteiger partial charge in [0.2, 0.25) is 5.91 Å². The highest BCUT2D eigenvalue weighted by atomic mass is 35.5. The lowest BCUT2D eigenvalue weighted by atomic mass is 10.2. The smallest absolute Gasteiger partial charge is 0.264 e. The predicted molar refractivity (Wildman–Crippen MR) is 118 cm³/mol. The van der Waals surface area contributed by atoms with Gasteiger partial charge >= 0.3 is 0 Å². The summed E-state index contributed by atoms with van der Waals surface area (Å²) in [6, 6.07) is 19.3. The Kier molecular flexibility index (Phi) is 6.01. The van der Waals surface area contributed by atoms with Crippen LogP contribution in [0.4, 0.5) is 11.4 Å². The van der Waals surface area contributed by atoms with Gasteiger partial charge in [-0.2, -0.15) is 0 Å². The van der Waals surface area contributed by atoms with Crippen LogP contribution in [-0.2, 0) is 14.8 Å². The molecular weight excluding hydrogens is 440 g/mol. The van der Waals surface area contributed by atoms with Crippen molar-refractivity contribution in [2.45, 2.75) is 4.90 Å². The normalized spacial score (nSPS) is 12.8. The number of fused-ring (bicyclic) bond motifs is 1. The Labute approximate surface area is 185 Å². The van der Waals surface area contributed by atoms with Gasteiger partial charge in [-0.3, -0.25) is 9.10 Å². The van der Waals surface area contributed by atoms with Gasteiger partial charge in [0, 0.05) is 16.8 Å². The Morgan fingerprint density at radius 3 is 2.32 bits per heavy atom. The number of nitrogens with zero attached hydrogens (tertiary/aromatic N) is 1. The number of sulfonamides is 1. The zero-order chi connectivity index (χ0) is 21.8. The van der Waals surface area contributed by atoms with Crippen LogP contribution in [0.25, 0.3) is 0 Å². The number of ether oxygens (including phenoxy) is 2. The largest absolute Gasteiger partial charge is 0.486 e. The van der Waals surface area contributed by atoms with Gasteiger partial charge in [0.25, 0.3) is 10.0 Å². The zero-order valence-electron chi connectivity index (χ0n) is 16.3. The molecule has 1 amide bonds. The van der Waals surface area contributed by atoms with E-state index in [1.54, 1.807) is 48.5 Å². The van der Waals surface area contributed by atoms with Gasteiger partial charge in [0.1, 0.15) is 19.8 Å². The lowest BCUT2D eigenvalue weighted by Gasteiger charge is -2.24. The third kappa shape index (κ3) is 4.76. The number of benzene rings is 3. The summed E-state index contributed by atoms with van der Waals surface area (Å²) in [6.45, 7) is 0.474. The number of anilines is 2. The van der Waals surface area contributed by atoms with Gasteiger partial charge in [-0.25, -0.2) is 8.42 Å². The van der Waals surface area contributed by atoms with E-state index in [0.29, 0.717) is 41.1 Å². The number of hydrogen-bond donors (Lipinski definition) is 1. The second kappa shape index (κ2) is 8.87. The molecule has 31 heavy (non-hydrogen) atoms. The Hall–Kier alpha value is -3.23. The number of amides is 1. The highest BCUT2D eigenvalue weighted by Gasteiger charge is 2.27. The number of rotatable bonds is 6. The van der Waals surface area contributed by atoms with Crippen LogP contribution in [0.1, 0.15) is 0 Å². The van der Waals surface area contributed by atoms with Crippen molar-refractivity contribution in [2.75, 3.05) is 29.4 Å². The molecule has 0 fully saturated rings. The lowest BCUT2D eigenvalue weighted by Crippen LogP contribution is -2.38. The van der Waals surface area contributed by atoms with Crippen molar-refractivity contribution in [3.05, 3.63) is 77.8 Å². The van der Waals surface area contributed by atoms with Crippen molar-refractivity contribution in [2.24, 2.45) is 0 Å². The quantitative estimate of drug-likeness (QED) is 0.604. The van der Waals surface area contributed by atoms with Crippen molar-refractivity contribution in [3.63, 3.8) is 0 Å². The number of hydrogen-bond acceptors (Lipinski definition) is 5. The average Bonchev–Trinajstić information content (AvgIpc) is 2.78. The third-order valence-electron chi connectivity index (χ3n) is 4.56. The van der Waals surface area contributed by atoms with E-state index in [-0.39, 0.29) is 4.90 Å². The molecule has 1 aliphatic rings. The molecule has 0 atom stereocenters. The third-order valence-corrected chi connectivity index (χ3v) is 6.60. The minimum Gasteiger partial charge on any atom is -0.486 e. The van der Waals surface area contributed by atoms with Gasteiger partial charge < -0.3 is 14.8 Å². The number of halogens is 1. The van der Waals surface area contributed by atoms with E-state index in [2.05, 4.69) is 5.32 Å². The Bertz CT molecular complexity index is 1180. The average molecular weight is 459 g/mol. The van der Waals surface area contributed by atoms with Crippen molar-refractivity contribution in [3.8, 4) is 11.5 Å². The van der Waals surface area contributed by atoms with Crippen molar-refractivity contribution < 1.29 is 22.7 Å². The molecule has 0 spiro atoms.